The predicted octanol–water partition coefficient (Wildman–Crippen LogP) is 1.60. The van der Waals surface area contributed by atoms with Crippen molar-refractivity contribution in [3.05, 3.63) is 18.5 Å². The van der Waals surface area contributed by atoms with Crippen LogP contribution in [0.3, 0.4) is 0 Å². The molecule has 1 aromatic rings. The third kappa shape index (κ3) is 3.01. The van der Waals surface area contributed by atoms with E-state index in [0.29, 0.717) is 12.0 Å². The largest absolute Gasteiger partial charge is 0.361 e. The van der Waals surface area contributed by atoms with Gasteiger partial charge in [0.1, 0.15) is 0 Å². The standard InChI is InChI=1S/C11H18N4S/c1-9(2)10-8-16-11(14-10)12-5-7-15-6-3-4-13-15/h3-4,6,9-10H,5,7-8H2,1-2H3,(H,12,14)/t10-/m1/s1. The molecule has 4 nitrogen and oxygen atoms in total. The molecule has 2 heterocycles. The minimum atomic E-state index is 0.577. The number of nitrogens with zero attached hydrogens (tertiary/aromatic N) is 3. The van der Waals surface area contributed by atoms with Crippen LogP contribution in [0.1, 0.15) is 13.8 Å². The molecule has 1 atom stereocenters. The van der Waals surface area contributed by atoms with E-state index >= 15 is 0 Å². The molecule has 1 fully saturated rings. The first-order valence-electron chi connectivity index (χ1n) is 5.67. The molecule has 0 radical (unpaired) electrons. The number of aromatic nitrogens is 2. The molecule has 5 heteroatoms. The Labute approximate surface area is 101 Å². The Balaban J connectivity index is 1.77. The van der Waals surface area contributed by atoms with E-state index in [2.05, 4.69) is 29.3 Å². The Hall–Kier alpha value is -0.970. The number of nitrogens with one attached hydrogen (secondary N) is 1. The van der Waals surface area contributed by atoms with Crippen molar-refractivity contribution in [2.24, 2.45) is 10.9 Å². The molecule has 2 rings (SSSR count). The third-order valence-corrected chi connectivity index (χ3v) is 3.70. The molecular formula is C11H18N4S. The number of aliphatic imine (C=N–C) groups is 1. The van der Waals surface area contributed by atoms with Crippen LogP contribution in [-0.4, -0.2) is 33.3 Å². The molecule has 0 aliphatic carbocycles. The molecule has 0 bridgehead atoms. The lowest BCUT2D eigenvalue weighted by atomic mass is 10.1. The second kappa shape index (κ2) is 5.39. The first kappa shape index (κ1) is 11.5. The molecule has 88 valence electrons. The van der Waals surface area contributed by atoms with Crippen LogP contribution in [0.15, 0.2) is 23.5 Å². The summed E-state index contributed by atoms with van der Waals surface area (Å²) >= 11 is 1.83. The summed E-state index contributed by atoms with van der Waals surface area (Å²) in [5, 5.41) is 8.69. The zero-order valence-electron chi connectivity index (χ0n) is 9.76. The van der Waals surface area contributed by atoms with Gasteiger partial charge in [0.25, 0.3) is 0 Å². The first-order chi connectivity index (χ1) is 7.75. The van der Waals surface area contributed by atoms with Crippen LogP contribution in [0.2, 0.25) is 0 Å². The maximum atomic E-state index is 4.54. The fraction of sp³-hybridized carbons (Fsp3) is 0.636. The monoisotopic (exact) mass is 238 g/mol. The summed E-state index contributed by atoms with van der Waals surface area (Å²) in [6.45, 7) is 6.13. The lowest BCUT2D eigenvalue weighted by molar-refractivity contribution is 0.502. The van der Waals surface area contributed by atoms with Crippen LogP contribution in [-0.2, 0) is 6.54 Å². The molecule has 1 saturated heterocycles. The fourth-order valence-electron chi connectivity index (χ4n) is 1.55. The molecule has 0 spiro atoms. The molecule has 16 heavy (non-hydrogen) atoms. The number of thioether (sulfide) groups is 1. The van der Waals surface area contributed by atoms with Crippen molar-refractivity contribution in [1.29, 1.82) is 0 Å². The highest BCUT2D eigenvalue weighted by Gasteiger charge is 2.22. The summed E-state index contributed by atoms with van der Waals surface area (Å²) in [5.74, 6) is 1.81. The van der Waals surface area contributed by atoms with E-state index in [0.717, 1.165) is 24.0 Å². The van der Waals surface area contributed by atoms with Gasteiger partial charge in [0.05, 0.1) is 13.1 Å². The summed E-state index contributed by atoms with van der Waals surface area (Å²) in [6, 6.07) is 2.51. The van der Waals surface area contributed by atoms with Gasteiger partial charge in [0.15, 0.2) is 5.17 Å². The molecule has 0 aromatic carbocycles. The van der Waals surface area contributed by atoms with Gasteiger partial charge in [0.2, 0.25) is 0 Å². The van der Waals surface area contributed by atoms with Crippen LogP contribution in [0, 0.1) is 5.92 Å². The summed E-state index contributed by atoms with van der Waals surface area (Å²) in [6.07, 6.45) is 3.76. The van der Waals surface area contributed by atoms with Crippen molar-refractivity contribution in [3.63, 3.8) is 0 Å². The zero-order chi connectivity index (χ0) is 11.4. The highest BCUT2D eigenvalue weighted by molar-refractivity contribution is 8.14. The second-order valence-electron chi connectivity index (χ2n) is 4.26. The predicted molar refractivity (Wildman–Crippen MR) is 68.7 cm³/mol. The average Bonchev–Trinajstić information content (AvgIpc) is 2.87. The normalized spacial score (nSPS) is 22.9. The van der Waals surface area contributed by atoms with E-state index in [1.54, 1.807) is 6.20 Å². The molecule has 1 aliphatic heterocycles. The van der Waals surface area contributed by atoms with Crippen LogP contribution in [0.5, 0.6) is 0 Å². The van der Waals surface area contributed by atoms with Crippen molar-refractivity contribution in [3.8, 4) is 0 Å². The van der Waals surface area contributed by atoms with Crippen LogP contribution in [0.25, 0.3) is 0 Å². The Morgan fingerprint density at radius 3 is 3.19 bits per heavy atom. The van der Waals surface area contributed by atoms with Crippen LogP contribution < -0.4 is 5.32 Å². The number of amidine groups is 1. The topological polar surface area (TPSA) is 42.2 Å². The van der Waals surface area contributed by atoms with Crippen molar-refractivity contribution >= 4 is 16.9 Å². The van der Waals surface area contributed by atoms with Crippen molar-refractivity contribution in [1.82, 2.24) is 15.1 Å². The zero-order valence-corrected chi connectivity index (χ0v) is 10.6. The van der Waals surface area contributed by atoms with E-state index in [9.17, 15) is 0 Å². The number of hydrogen-bond acceptors (Lipinski definition) is 3. The highest BCUT2D eigenvalue weighted by atomic mass is 32.2. The quantitative estimate of drug-likeness (QED) is 0.866. The summed E-state index contributed by atoms with van der Waals surface area (Å²) in [5.41, 5.74) is 0. The number of hydrogen-bond donors (Lipinski definition) is 1. The fourth-order valence-corrected chi connectivity index (χ4v) is 2.77. The maximum Gasteiger partial charge on any atom is 0.156 e. The van der Waals surface area contributed by atoms with E-state index in [4.69, 9.17) is 0 Å². The molecule has 1 aromatic heterocycles. The van der Waals surface area contributed by atoms with Gasteiger partial charge >= 0.3 is 0 Å². The minimum absolute atomic E-state index is 0.577. The molecule has 1 aliphatic rings. The van der Waals surface area contributed by atoms with Gasteiger partial charge in [-0.3, -0.25) is 9.67 Å². The van der Waals surface area contributed by atoms with Gasteiger partial charge in [-0.25, -0.2) is 0 Å². The first-order valence-corrected chi connectivity index (χ1v) is 6.65. The van der Waals surface area contributed by atoms with Crippen LogP contribution >= 0.6 is 11.8 Å². The van der Waals surface area contributed by atoms with Gasteiger partial charge in [-0.1, -0.05) is 25.6 Å². The van der Waals surface area contributed by atoms with E-state index in [1.165, 1.54) is 0 Å². The summed E-state index contributed by atoms with van der Waals surface area (Å²) in [4.78, 5) is 4.54. The van der Waals surface area contributed by atoms with Crippen molar-refractivity contribution < 1.29 is 0 Å². The smallest absolute Gasteiger partial charge is 0.156 e. The molecular weight excluding hydrogens is 220 g/mol. The van der Waals surface area contributed by atoms with Crippen molar-refractivity contribution in [2.75, 3.05) is 12.3 Å². The van der Waals surface area contributed by atoms with Gasteiger partial charge in [0, 0.05) is 24.2 Å². The Bertz CT molecular complexity index is 345. The minimum Gasteiger partial charge on any atom is -0.361 e. The summed E-state index contributed by atoms with van der Waals surface area (Å²) < 4.78 is 1.91. The third-order valence-electron chi connectivity index (χ3n) is 2.66. The lowest BCUT2D eigenvalue weighted by Crippen LogP contribution is -2.31. The van der Waals surface area contributed by atoms with E-state index in [1.807, 2.05) is 28.7 Å². The molecule has 1 N–H and O–H groups in total. The maximum absolute atomic E-state index is 4.54. The van der Waals surface area contributed by atoms with Gasteiger partial charge in [-0.15, -0.1) is 0 Å². The van der Waals surface area contributed by atoms with Gasteiger partial charge in [-0.05, 0) is 12.0 Å². The Kier molecular flexibility index (Phi) is 3.88. The van der Waals surface area contributed by atoms with Crippen LogP contribution in [0.4, 0.5) is 0 Å². The Morgan fingerprint density at radius 2 is 2.56 bits per heavy atom. The van der Waals surface area contributed by atoms with E-state index < -0.39 is 0 Å². The SMILES string of the molecule is CC(C)[C@H]1CSC(=NCCn2cccn2)N1. The summed E-state index contributed by atoms with van der Waals surface area (Å²) in [7, 11) is 0. The molecule has 0 amide bonds. The average molecular weight is 238 g/mol. The molecule has 0 saturated carbocycles. The lowest BCUT2D eigenvalue weighted by Gasteiger charge is -2.13. The Morgan fingerprint density at radius 1 is 1.69 bits per heavy atom. The van der Waals surface area contributed by atoms with Gasteiger partial charge < -0.3 is 5.32 Å². The van der Waals surface area contributed by atoms with Gasteiger partial charge in [-0.2, -0.15) is 5.10 Å². The van der Waals surface area contributed by atoms with Crippen molar-refractivity contribution in [2.45, 2.75) is 26.4 Å². The number of rotatable bonds is 4. The second-order valence-corrected chi connectivity index (χ2v) is 5.27. The van der Waals surface area contributed by atoms with E-state index in [-0.39, 0.29) is 0 Å². The highest BCUT2D eigenvalue weighted by Crippen LogP contribution is 2.18. The molecule has 0 unspecified atom stereocenters.